The van der Waals surface area contributed by atoms with Gasteiger partial charge in [0.15, 0.2) is 0 Å². The van der Waals surface area contributed by atoms with Crippen LogP contribution < -0.4 is 0 Å². The average Bonchev–Trinajstić information content (AvgIpc) is 2.85. The number of carbonyl (C=O) groups is 1. The smallest absolute Gasteiger partial charge is 0.314 e. The molecule has 0 amide bonds. The lowest BCUT2D eigenvalue weighted by Gasteiger charge is -2.25. The van der Waals surface area contributed by atoms with Crippen LogP contribution in [0.3, 0.4) is 0 Å². The summed E-state index contributed by atoms with van der Waals surface area (Å²) >= 11 is 13.4. The van der Waals surface area contributed by atoms with Gasteiger partial charge in [-0.25, -0.2) is 0 Å². The first-order chi connectivity index (χ1) is 8.93. The van der Waals surface area contributed by atoms with E-state index in [0.29, 0.717) is 22.0 Å². The Morgan fingerprint density at radius 1 is 1.32 bits per heavy atom. The first-order valence-electron chi connectivity index (χ1n) is 5.65. The Balaban J connectivity index is 2.43. The van der Waals surface area contributed by atoms with E-state index >= 15 is 0 Å². The molecule has 1 N–H and O–H groups in total. The molecular formula is C14H12Cl2O2S. The van der Waals surface area contributed by atoms with E-state index in [2.05, 4.69) is 0 Å². The fourth-order valence-electron chi connectivity index (χ4n) is 1.90. The molecule has 0 saturated heterocycles. The van der Waals surface area contributed by atoms with Crippen molar-refractivity contribution in [2.45, 2.75) is 18.8 Å². The van der Waals surface area contributed by atoms with Crippen LogP contribution in [0.5, 0.6) is 0 Å². The van der Waals surface area contributed by atoms with E-state index in [4.69, 9.17) is 23.2 Å². The van der Waals surface area contributed by atoms with Gasteiger partial charge in [0.25, 0.3) is 0 Å². The Labute approximate surface area is 125 Å². The quantitative estimate of drug-likeness (QED) is 0.892. The molecule has 1 aromatic carbocycles. The minimum atomic E-state index is -1.01. The van der Waals surface area contributed by atoms with Crippen molar-refractivity contribution in [2.24, 2.45) is 0 Å². The molecule has 0 aliphatic heterocycles. The lowest BCUT2D eigenvalue weighted by molar-refractivity contribution is -0.143. The third kappa shape index (κ3) is 2.94. The summed E-state index contributed by atoms with van der Waals surface area (Å²) in [6, 6.07) is 8.83. The van der Waals surface area contributed by atoms with Crippen LogP contribution in [-0.4, -0.2) is 11.1 Å². The highest BCUT2D eigenvalue weighted by molar-refractivity contribution is 7.09. The summed E-state index contributed by atoms with van der Waals surface area (Å²) in [5.74, 6) is -0.876. The first kappa shape index (κ1) is 14.4. The van der Waals surface area contributed by atoms with Gasteiger partial charge >= 0.3 is 5.97 Å². The van der Waals surface area contributed by atoms with Gasteiger partial charge in [0.2, 0.25) is 0 Å². The zero-order valence-corrected chi connectivity index (χ0v) is 12.5. The predicted octanol–water partition coefficient (Wildman–Crippen LogP) is 4.64. The molecule has 5 heteroatoms. The summed E-state index contributed by atoms with van der Waals surface area (Å²) in [6.45, 7) is 1.70. The topological polar surface area (TPSA) is 37.3 Å². The molecule has 0 radical (unpaired) electrons. The summed E-state index contributed by atoms with van der Waals surface area (Å²) in [5, 5.41) is 12.3. The third-order valence-electron chi connectivity index (χ3n) is 3.14. The van der Waals surface area contributed by atoms with Crippen molar-refractivity contribution >= 4 is 40.5 Å². The largest absolute Gasteiger partial charge is 0.481 e. The van der Waals surface area contributed by atoms with Gasteiger partial charge in [-0.2, -0.15) is 0 Å². The van der Waals surface area contributed by atoms with E-state index in [9.17, 15) is 9.90 Å². The summed E-state index contributed by atoms with van der Waals surface area (Å²) < 4.78 is 0. The van der Waals surface area contributed by atoms with Crippen LogP contribution in [0.4, 0.5) is 0 Å². The lowest BCUT2D eigenvalue weighted by atomic mass is 9.79. The number of carboxylic acids is 1. The van der Waals surface area contributed by atoms with E-state index in [1.54, 1.807) is 36.5 Å². The SMILES string of the molecule is CC(Cc1cccs1)(C(=O)O)c1ccc(Cl)c(Cl)c1. The van der Waals surface area contributed by atoms with Crippen molar-refractivity contribution in [3.63, 3.8) is 0 Å². The molecule has 0 saturated carbocycles. The Bertz CT molecular complexity index is 595. The van der Waals surface area contributed by atoms with E-state index in [1.807, 2.05) is 17.5 Å². The van der Waals surface area contributed by atoms with Crippen LogP contribution >= 0.6 is 34.5 Å². The maximum Gasteiger partial charge on any atom is 0.314 e. The maximum absolute atomic E-state index is 11.7. The molecule has 2 rings (SSSR count). The van der Waals surface area contributed by atoms with Gasteiger partial charge in [-0.15, -0.1) is 11.3 Å². The fourth-order valence-corrected chi connectivity index (χ4v) is 3.06. The van der Waals surface area contributed by atoms with Crippen LogP contribution in [0.15, 0.2) is 35.7 Å². The summed E-state index contributed by atoms with van der Waals surface area (Å²) in [6.07, 6.45) is 0.429. The number of hydrogen-bond donors (Lipinski definition) is 1. The van der Waals surface area contributed by atoms with E-state index in [-0.39, 0.29) is 0 Å². The maximum atomic E-state index is 11.7. The standard InChI is InChI=1S/C14H12Cl2O2S/c1-14(13(17)18,8-10-3-2-6-19-10)9-4-5-11(15)12(16)7-9/h2-7H,8H2,1H3,(H,17,18). The van der Waals surface area contributed by atoms with Crippen molar-refractivity contribution in [1.82, 2.24) is 0 Å². The molecule has 19 heavy (non-hydrogen) atoms. The molecule has 0 bridgehead atoms. The van der Waals surface area contributed by atoms with E-state index < -0.39 is 11.4 Å². The van der Waals surface area contributed by atoms with E-state index in [0.717, 1.165) is 4.88 Å². The van der Waals surface area contributed by atoms with Gasteiger partial charge in [0.1, 0.15) is 0 Å². The van der Waals surface area contributed by atoms with Crippen LogP contribution in [0.25, 0.3) is 0 Å². The van der Waals surface area contributed by atoms with Crippen molar-refractivity contribution in [3.05, 3.63) is 56.2 Å². The average molecular weight is 315 g/mol. The van der Waals surface area contributed by atoms with Gasteiger partial charge in [0, 0.05) is 11.3 Å². The summed E-state index contributed by atoms with van der Waals surface area (Å²) in [5.41, 5.74) is -0.359. The normalized spacial score (nSPS) is 14.1. The molecule has 1 aromatic heterocycles. The molecular weight excluding hydrogens is 303 g/mol. The molecule has 0 aliphatic rings. The number of halogens is 2. The van der Waals surface area contributed by atoms with Crippen molar-refractivity contribution in [2.75, 3.05) is 0 Å². The molecule has 1 unspecified atom stereocenters. The second-order valence-electron chi connectivity index (χ2n) is 4.52. The number of hydrogen-bond acceptors (Lipinski definition) is 2. The zero-order chi connectivity index (χ0) is 14.0. The van der Waals surface area contributed by atoms with Crippen molar-refractivity contribution < 1.29 is 9.90 Å². The summed E-state index contributed by atoms with van der Waals surface area (Å²) in [4.78, 5) is 12.7. The van der Waals surface area contributed by atoms with Crippen LogP contribution in [0, 0.1) is 0 Å². The van der Waals surface area contributed by atoms with Crippen molar-refractivity contribution in [3.8, 4) is 0 Å². The van der Waals surface area contributed by atoms with E-state index in [1.165, 1.54) is 0 Å². The molecule has 2 aromatic rings. The predicted molar refractivity (Wildman–Crippen MR) is 79.5 cm³/mol. The molecule has 1 heterocycles. The first-order valence-corrected chi connectivity index (χ1v) is 7.28. The van der Waals surface area contributed by atoms with Crippen LogP contribution in [-0.2, 0) is 16.6 Å². The number of benzene rings is 1. The molecule has 1 atom stereocenters. The van der Waals surface area contributed by atoms with Gasteiger partial charge in [-0.05, 0) is 36.1 Å². The van der Waals surface area contributed by atoms with Gasteiger partial charge < -0.3 is 5.11 Å². The molecule has 100 valence electrons. The van der Waals surface area contributed by atoms with Crippen molar-refractivity contribution in [1.29, 1.82) is 0 Å². The Hall–Kier alpha value is -1.03. The zero-order valence-electron chi connectivity index (χ0n) is 10.2. The highest BCUT2D eigenvalue weighted by Crippen LogP contribution is 2.34. The van der Waals surface area contributed by atoms with Crippen LogP contribution in [0.2, 0.25) is 10.0 Å². The minimum Gasteiger partial charge on any atom is -0.481 e. The monoisotopic (exact) mass is 314 g/mol. The Morgan fingerprint density at radius 2 is 2.05 bits per heavy atom. The Kier molecular flexibility index (Phi) is 4.19. The van der Waals surface area contributed by atoms with Crippen LogP contribution in [0.1, 0.15) is 17.4 Å². The minimum absolute atomic E-state index is 0.373. The number of rotatable bonds is 4. The lowest BCUT2D eigenvalue weighted by Crippen LogP contribution is -2.34. The number of thiophene rings is 1. The molecule has 0 fully saturated rings. The highest BCUT2D eigenvalue weighted by atomic mass is 35.5. The second kappa shape index (κ2) is 5.53. The van der Waals surface area contributed by atoms with Gasteiger partial charge in [0.05, 0.1) is 15.5 Å². The number of aliphatic carboxylic acids is 1. The second-order valence-corrected chi connectivity index (χ2v) is 6.37. The fraction of sp³-hybridized carbons (Fsp3) is 0.214. The third-order valence-corrected chi connectivity index (χ3v) is 4.75. The molecule has 0 aliphatic carbocycles. The molecule has 2 nitrogen and oxygen atoms in total. The number of carboxylic acid groups (broad SMARTS) is 1. The van der Waals surface area contributed by atoms with Gasteiger partial charge in [-0.3, -0.25) is 4.79 Å². The summed E-state index contributed by atoms with van der Waals surface area (Å²) in [7, 11) is 0. The molecule has 0 spiro atoms. The highest BCUT2D eigenvalue weighted by Gasteiger charge is 2.36. The Morgan fingerprint density at radius 3 is 2.58 bits per heavy atom. The van der Waals surface area contributed by atoms with Gasteiger partial charge in [-0.1, -0.05) is 35.3 Å².